The minimum absolute atomic E-state index is 0.0185. The van der Waals surface area contributed by atoms with E-state index in [9.17, 15) is 9.59 Å². The molecular weight excluding hydrogens is 424 g/mol. The smallest absolute Gasteiger partial charge is 0.275 e. The van der Waals surface area contributed by atoms with Crippen molar-refractivity contribution in [3.8, 4) is 11.3 Å². The number of nitrogens with zero attached hydrogens (tertiary/aromatic N) is 7. The average Bonchev–Trinajstić information content (AvgIpc) is 3.48. The first kappa shape index (κ1) is 20.9. The summed E-state index contributed by atoms with van der Waals surface area (Å²) in [5.41, 5.74) is 2.06. The number of anilines is 1. The third kappa shape index (κ3) is 3.86. The van der Waals surface area contributed by atoms with Gasteiger partial charge in [-0.15, -0.1) is 0 Å². The molecule has 4 aromatic rings. The first-order valence-corrected chi connectivity index (χ1v) is 10.7. The van der Waals surface area contributed by atoms with Gasteiger partial charge in [-0.3, -0.25) is 14.3 Å². The van der Waals surface area contributed by atoms with E-state index in [4.69, 9.17) is 4.52 Å². The van der Waals surface area contributed by atoms with Gasteiger partial charge in [-0.25, -0.2) is 9.97 Å². The Balaban J connectivity index is 1.44. The van der Waals surface area contributed by atoms with E-state index in [2.05, 4.69) is 25.2 Å². The van der Waals surface area contributed by atoms with Crippen LogP contribution in [0.25, 0.3) is 22.2 Å². The van der Waals surface area contributed by atoms with Crippen LogP contribution in [-0.2, 0) is 7.05 Å². The summed E-state index contributed by atoms with van der Waals surface area (Å²) in [6.45, 7) is 1.09. The van der Waals surface area contributed by atoms with Crippen LogP contribution in [0.1, 0.15) is 34.9 Å². The first-order valence-electron chi connectivity index (χ1n) is 10.7. The third-order valence-electron chi connectivity index (χ3n) is 5.88. The Labute approximate surface area is 189 Å². The zero-order chi connectivity index (χ0) is 23.1. The van der Waals surface area contributed by atoms with Gasteiger partial charge in [-0.05, 0) is 18.9 Å². The van der Waals surface area contributed by atoms with Gasteiger partial charge in [-0.2, -0.15) is 5.10 Å². The normalized spacial score (nSPS) is 16.3. The minimum Gasteiger partial charge on any atom is -0.356 e. The molecule has 1 saturated heterocycles. The van der Waals surface area contributed by atoms with Crippen LogP contribution in [-0.4, -0.2) is 67.9 Å². The molecule has 0 spiro atoms. The number of aromatic nitrogens is 6. The molecule has 0 aliphatic carbocycles. The Bertz CT molecular complexity index is 1370. The number of rotatable bonds is 4. The summed E-state index contributed by atoms with van der Waals surface area (Å²) >= 11 is 0. The van der Waals surface area contributed by atoms with E-state index in [1.54, 1.807) is 40.0 Å². The molecule has 0 bridgehead atoms. The van der Waals surface area contributed by atoms with E-state index in [0.717, 1.165) is 18.5 Å². The molecule has 1 amide bonds. The van der Waals surface area contributed by atoms with E-state index < -0.39 is 0 Å². The van der Waals surface area contributed by atoms with Gasteiger partial charge in [0.1, 0.15) is 0 Å². The maximum Gasteiger partial charge on any atom is 0.275 e. The molecule has 0 aromatic carbocycles. The molecule has 1 aliphatic rings. The number of H-pyrrole nitrogens is 1. The number of piperidine rings is 1. The van der Waals surface area contributed by atoms with E-state index in [-0.39, 0.29) is 17.4 Å². The Morgan fingerprint density at radius 1 is 1.33 bits per heavy atom. The van der Waals surface area contributed by atoms with Crippen molar-refractivity contribution in [2.45, 2.75) is 18.8 Å². The number of pyridine rings is 1. The van der Waals surface area contributed by atoms with Gasteiger partial charge in [0.05, 0.1) is 22.7 Å². The minimum atomic E-state index is -0.228. The highest BCUT2D eigenvalue weighted by atomic mass is 16.5. The zero-order valence-electron chi connectivity index (χ0n) is 18.6. The van der Waals surface area contributed by atoms with Crippen LogP contribution in [0.2, 0.25) is 0 Å². The van der Waals surface area contributed by atoms with Crippen molar-refractivity contribution in [2.75, 3.05) is 32.1 Å². The number of carbonyl (C=O) groups is 1. The number of hydrogen-bond donors (Lipinski definition) is 1. The van der Waals surface area contributed by atoms with Gasteiger partial charge >= 0.3 is 0 Å². The van der Waals surface area contributed by atoms with Gasteiger partial charge in [-0.1, -0.05) is 5.16 Å². The average molecular weight is 448 g/mol. The van der Waals surface area contributed by atoms with Crippen molar-refractivity contribution in [3.05, 3.63) is 52.5 Å². The predicted molar refractivity (Wildman–Crippen MR) is 121 cm³/mol. The molecule has 33 heavy (non-hydrogen) atoms. The van der Waals surface area contributed by atoms with Crippen molar-refractivity contribution in [1.29, 1.82) is 0 Å². The highest BCUT2D eigenvalue weighted by molar-refractivity contribution is 5.98. The number of hydrogen-bond acceptors (Lipinski definition) is 8. The summed E-state index contributed by atoms with van der Waals surface area (Å²) < 4.78 is 6.85. The molecule has 1 fully saturated rings. The lowest BCUT2D eigenvalue weighted by Gasteiger charge is -2.32. The number of likely N-dealkylation sites (tertiary alicyclic amines) is 1. The Hall–Kier alpha value is -4.02. The molecule has 1 N–H and O–H groups in total. The molecule has 11 nitrogen and oxygen atoms in total. The largest absolute Gasteiger partial charge is 0.356 e. The zero-order valence-corrected chi connectivity index (χ0v) is 18.6. The van der Waals surface area contributed by atoms with E-state index in [1.165, 1.54) is 6.20 Å². The van der Waals surface area contributed by atoms with Crippen LogP contribution in [0.3, 0.4) is 0 Å². The molecule has 5 rings (SSSR count). The molecule has 4 aromatic heterocycles. The SMILES string of the molecule is CN(C)c1ncc2c(=O)[nH]c([C@@H]3CCCN(C(=O)c4nn(C)cc4-c4ccno4)C3)cc2n1. The summed E-state index contributed by atoms with van der Waals surface area (Å²) in [5.74, 6) is 0.840. The molecule has 0 unspecified atom stereocenters. The fraction of sp³-hybridized carbons (Fsp3) is 0.364. The summed E-state index contributed by atoms with van der Waals surface area (Å²) in [4.78, 5) is 41.4. The summed E-state index contributed by atoms with van der Waals surface area (Å²) in [5, 5.41) is 8.56. The van der Waals surface area contributed by atoms with E-state index >= 15 is 0 Å². The second-order valence-corrected chi connectivity index (χ2v) is 8.45. The topological polar surface area (TPSA) is 126 Å². The number of aryl methyl sites for hydroxylation is 1. The molecule has 11 heteroatoms. The fourth-order valence-corrected chi connectivity index (χ4v) is 4.23. The van der Waals surface area contributed by atoms with Crippen LogP contribution < -0.4 is 10.5 Å². The van der Waals surface area contributed by atoms with Gasteiger partial charge in [0.25, 0.3) is 11.5 Å². The molecule has 1 aliphatic heterocycles. The summed E-state index contributed by atoms with van der Waals surface area (Å²) in [7, 11) is 5.47. The molecule has 0 saturated carbocycles. The lowest BCUT2D eigenvalue weighted by Crippen LogP contribution is -2.40. The van der Waals surface area contributed by atoms with Gasteiger partial charge in [0, 0.05) is 64.3 Å². The number of aromatic amines is 1. The van der Waals surface area contributed by atoms with Gasteiger partial charge in [0.2, 0.25) is 5.95 Å². The monoisotopic (exact) mass is 448 g/mol. The molecule has 170 valence electrons. The van der Waals surface area contributed by atoms with Crippen LogP contribution in [0.4, 0.5) is 5.95 Å². The van der Waals surface area contributed by atoms with Gasteiger partial charge in [0.15, 0.2) is 11.5 Å². The van der Waals surface area contributed by atoms with Crippen LogP contribution >= 0.6 is 0 Å². The second kappa shape index (κ2) is 8.15. The molecule has 1 atom stereocenters. The summed E-state index contributed by atoms with van der Waals surface area (Å²) in [6.07, 6.45) is 6.50. The second-order valence-electron chi connectivity index (χ2n) is 8.45. The lowest BCUT2D eigenvalue weighted by atomic mass is 9.93. The Kier molecular flexibility index (Phi) is 5.15. The standard InChI is InChI=1S/C22H24N8O3/c1-28(2)22-23-10-14-17(26-22)9-16(25-20(14)31)13-5-4-8-30(11-13)21(32)19-15(12-29(3)27-19)18-6-7-24-33-18/h6-7,9-10,12-13H,4-5,8,11H2,1-3H3,(H,25,31)/t13-/m1/s1. The third-order valence-corrected chi connectivity index (χ3v) is 5.88. The van der Waals surface area contributed by atoms with Crippen molar-refractivity contribution in [2.24, 2.45) is 7.05 Å². The number of carbonyl (C=O) groups excluding carboxylic acids is 1. The Morgan fingerprint density at radius 3 is 2.94 bits per heavy atom. The van der Waals surface area contributed by atoms with Crippen molar-refractivity contribution in [1.82, 2.24) is 34.8 Å². The molecule has 0 radical (unpaired) electrons. The lowest BCUT2D eigenvalue weighted by molar-refractivity contribution is 0.0699. The highest BCUT2D eigenvalue weighted by Gasteiger charge is 2.30. The van der Waals surface area contributed by atoms with Crippen LogP contribution in [0.15, 0.2) is 40.0 Å². The number of fused-ring (bicyclic) bond motifs is 1. The van der Waals surface area contributed by atoms with Crippen molar-refractivity contribution in [3.63, 3.8) is 0 Å². The molecular formula is C22H24N8O3. The summed E-state index contributed by atoms with van der Waals surface area (Å²) in [6, 6.07) is 3.60. The van der Waals surface area contributed by atoms with Crippen molar-refractivity contribution < 1.29 is 9.32 Å². The maximum atomic E-state index is 13.4. The quantitative estimate of drug-likeness (QED) is 0.501. The van der Waals surface area contributed by atoms with Gasteiger partial charge < -0.3 is 19.3 Å². The van der Waals surface area contributed by atoms with E-state index in [0.29, 0.717) is 47.0 Å². The van der Waals surface area contributed by atoms with Crippen LogP contribution in [0, 0.1) is 0 Å². The Morgan fingerprint density at radius 2 is 2.18 bits per heavy atom. The van der Waals surface area contributed by atoms with E-state index in [1.807, 2.05) is 20.2 Å². The van der Waals surface area contributed by atoms with Crippen molar-refractivity contribution >= 4 is 22.8 Å². The van der Waals surface area contributed by atoms with Crippen LogP contribution in [0.5, 0.6) is 0 Å². The maximum absolute atomic E-state index is 13.4. The predicted octanol–water partition coefficient (Wildman–Crippen LogP) is 1.79. The fourth-order valence-electron chi connectivity index (χ4n) is 4.23. The molecule has 5 heterocycles. The number of nitrogens with one attached hydrogen (secondary N) is 1. The first-order chi connectivity index (χ1) is 15.9. The highest BCUT2D eigenvalue weighted by Crippen LogP contribution is 2.29. The number of amides is 1.